The summed E-state index contributed by atoms with van der Waals surface area (Å²) in [5.74, 6) is 0. The lowest BCUT2D eigenvalue weighted by Gasteiger charge is -2.29. The van der Waals surface area contributed by atoms with Gasteiger partial charge in [-0.1, -0.05) is 13.8 Å². The maximum absolute atomic E-state index is 12.3. The first-order chi connectivity index (χ1) is 8.47. The minimum atomic E-state index is -3.24. The third kappa shape index (κ3) is 3.44. The molecule has 0 spiro atoms. The molecule has 2 unspecified atom stereocenters. The summed E-state index contributed by atoms with van der Waals surface area (Å²) in [6, 6.07) is 0.366. The smallest absolute Gasteiger partial charge is 0.218 e. The average molecular weight is 277 g/mol. The molecule has 2 N–H and O–H groups in total. The standard InChI is InChI=1S/C12H27N3O2S/c1-4-12(9-13)18(16,17)14(3)10-11-7-6-8-15(11)5-2/h11-12H,4-10,13H2,1-3H3. The Labute approximate surface area is 111 Å². The van der Waals surface area contributed by atoms with Crippen LogP contribution in [0.4, 0.5) is 0 Å². The molecule has 6 heteroatoms. The zero-order valence-electron chi connectivity index (χ0n) is 11.8. The summed E-state index contributed by atoms with van der Waals surface area (Å²) in [6.07, 6.45) is 2.83. The second kappa shape index (κ2) is 6.84. The Morgan fingerprint density at radius 1 is 1.44 bits per heavy atom. The van der Waals surface area contributed by atoms with Crippen molar-refractivity contribution >= 4 is 10.0 Å². The van der Waals surface area contributed by atoms with Gasteiger partial charge < -0.3 is 5.73 Å². The summed E-state index contributed by atoms with van der Waals surface area (Å²) in [4.78, 5) is 2.36. The van der Waals surface area contributed by atoms with Gasteiger partial charge in [0, 0.05) is 26.2 Å². The molecule has 0 aromatic rings. The summed E-state index contributed by atoms with van der Waals surface area (Å²) < 4.78 is 26.1. The van der Waals surface area contributed by atoms with Crippen LogP contribution in [0.2, 0.25) is 0 Å². The maximum Gasteiger partial charge on any atom is 0.218 e. The van der Waals surface area contributed by atoms with E-state index in [0.717, 1.165) is 19.5 Å². The Morgan fingerprint density at radius 3 is 2.61 bits per heavy atom. The van der Waals surface area contributed by atoms with Gasteiger partial charge in [-0.2, -0.15) is 0 Å². The van der Waals surface area contributed by atoms with Crippen LogP contribution in [-0.2, 0) is 10.0 Å². The predicted octanol–water partition coefficient (Wildman–Crippen LogP) is 0.470. The molecule has 0 amide bonds. The van der Waals surface area contributed by atoms with E-state index in [1.165, 1.54) is 10.7 Å². The van der Waals surface area contributed by atoms with E-state index in [0.29, 0.717) is 19.0 Å². The fourth-order valence-corrected chi connectivity index (χ4v) is 4.23. The molecule has 1 heterocycles. The van der Waals surface area contributed by atoms with Gasteiger partial charge in [0.25, 0.3) is 0 Å². The van der Waals surface area contributed by atoms with Gasteiger partial charge in [0.05, 0.1) is 5.25 Å². The second-order valence-electron chi connectivity index (χ2n) is 5.02. The molecule has 0 radical (unpaired) electrons. The molecule has 0 aliphatic carbocycles. The number of likely N-dealkylation sites (tertiary alicyclic amines) is 1. The Hall–Kier alpha value is -0.170. The first-order valence-corrected chi connectivity index (χ1v) is 8.36. The van der Waals surface area contributed by atoms with Gasteiger partial charge in [-0.25, -0.2) is 12.7 Å². The summed E-state index contributed by atoms with van der Waals surface area (Å²) in [7, 11) is -1.56. The maximum atomic E-state index is 12.3. The monoisotopic (exact) mass is 277 g/mol. The minimum Gasteiger partial charge on any atom is -0.329 e. The van der Waals surface area contributed by atoms with Crippen LogP contribution in [0.15, 0.2) is 0 Å². The number of likely N-dealkylation sites (N-methyl/N-ethyl adjacent to an activating group) is 2. The Bertz CT molecular complexity index is 341. The third-order valence-electron chi connectivity index (χ3n) is 3.95. The lowest BCUT2D eigenvalue weighted by molar-refractivity contribution is 0.237. The predicted molar refractivity (Wildman–Crippen MR) is 75.0 cm³/mol. The molecule has 1 saturated heterocycles. The number of hydrogen-bond acceptors (Lipinski definition) is 4. The van der Waals surface area contributed by atoms with Crippen molar-refractivity contribution in [2.75, 3.05) is 33.2 Å². The van der Waals surface area contributed by atoms with Crippen molar-refractivity contribution < 1.29 is 8.42 Å². The lowest BCUT2D eigenvalue weighted by Crippen LogP contribution is -2.45. The van der Waals surface area contributed by atoms with E-state index in [-0.39, 0.29) is 6.54 Å². The highest BCUT2D eigenvalue weighted by Gasteiger charge is 2.31. The third-order valence-corrected chi connectivity index (χ3v) is 6.33. The van der Waals surface area contributed by atoms with E-state index in [1.54, 1.807) is 7.05 Å². The number of nitrogens with zero attached hydrogens (tertiary/aromatic N) is 2. The van der Waals surface area contributed by atoms with Gasteiger partial charge in [-0.05, 0) is 32.4 Å². The van der Waals surface area contributed by atoms with E-state index in [9.17, 15) is 8.42 Å². The van der Waals surface area contributed by atoms with Gasteiger partial charge in [0.2, 0.25) is 10.0 Å². The van der Waals surface area contributed by atoms with Crippen LogP contribution in [0, 0.1) is 0 Å². The minimum absolute atomic E-state index is 0.200. The normalized spacial score (nSPS) is 23.7. The largest absolute Gasteiger partial charge is 0.329 e. The Balaban J connectivity index is 2.66. The average Bonchev–Trinajstić information content (AvgIpc) is 2.77. The molecule has 5 nitrogen and oxygen atoms in total. The Morgan fingerprint density at radius 2 is 2.11 bits per heavy atom. The molecular weight excluding hydrogens is 250 g/mol. The fraction of sp³-hybridized carbons (Fsp3) is 1.00. The van der Waals surface area contributed by atoms with Crippen LogP contribution >= 0.6 is 0 Å². The summed E-state index contributed by atoms with van der Waals surface area (Å²) in [6.45, 7) is 6.87. The summed E-state index contributed by atoms with van der Waals surface area (Å²) in [5.41, 5.74) is 5.55. The number of nitrogens with two attached hydrogens (primary N) is 1. The first-order valence-electron chi connectivity index (χ1n) is 6.86. The highest BCUT2D eigenvalue weighted by atomic mass is 32.2. The molecular formula is C12H27N3O2S. The van der Waals surface area contributed by atoms with Crippen LogP contribution in [0.25, 0.3) is 0 Å². The van der Waals surface area contributed by atoms with Crippen LogP contribution in [-0.4, -0.2) is 62.1 Å². The van der Waals surface area contributed by atoms with Crippen molar-refractivity contribution in [3.05, 3.63) is 0 Å². The number of sulfonamides is 1. The summed E-state index contributed by atoms with van der Waals surface area (Å²) in [5, 5.41) is -0.445. The van der Waals surface area contributed by atoms with Gasteiger partial charge in [0.15, 0.2) is 0 Å². The van der Waals surface area contributed by atoms with Gasteiger partial charge in [0.1, 0.15) is 0 Å². The molecule has 0 aromatic heterocycles. The Kier molecular flexibility index (Phi) is 6.04. The highest BCUT2D eigenvalue weighted by molar-refractivity contribution is 7.89. The molecule has 0 saturated carbocycles. The van der Waals surface area contributed by atoms with Gasteiger partial charge >= 0.3 is 0 Å². The molecule has 108 valence electrons. The van der Waals surface area contributed by atoms with Crippen LogP contribution < -0.4 is 5.73 Å². The van der Waals surface area contributed by atoms with E-state index in [1.807, 2.05) is 6.92 Å². The molecule has 1 rings (SSSR count). The zero-order chi connectivity index (χ0) is 13.8. The van der Waals surface area contributed by atoms with Crippen LogP contribution in [0.3, 0.4) is 0 Å². The zero-order valence-corrected chi connectivity index (χ0v) is 12.6. The highest BCUT2D eigenvalue weighted by Crippen LogP contribution is 2.19. The van der Waals surface area contributed by atoms with Crippen molar-refractivity contribution in [2.45, 2.75) is 44.4 Å². The molecule has 1 fully saturated rings. The van der Waals surface area contributed by atoms with E-state index < -0.39 is 15.3 Å². The molecule has 0 aromatic carbocycles. The molecule has 18 heavy (non-hydrogen) atoms. The second-order valence-corrected chi connectivity index (χ2v) is 7.34. The molecule has 1 aliphatic heterocycles. The molecule has 1 aliphatic rings. The van der Waals surface area contributed by atoms with Crippen molar-refractivity contribution in [1.29, 1.82) is 0 Å². The van der Waals surface area contributed by atoms with Gasteiger partial charge in [-0.15, -0.1) is 0 Å². The number of rotatable bonds is 7. The van der Waals surface area contributed by atoms with Crippen molar-refractivity contribution in [1.82, 2.24) is 9.21 Å². The molecule has 0 bridgehead atoms. The van der Waals surface area contributed by atoms with Crippen LogP contribution in [0.5, 0.6) is 0 Å². The first kappa shape index (κ1) is 15.9. The fourth-order valence-electron chi connectivity index (χ4n) is 2.67. The van der Waals surface area contributed by atoms with Crippen LogP contribution in [0.1, 0.15) is 33.1 Å². The van der Waals surface area contributed by atoms with E-state index >= 15 is 0 Å². The summed E-state index contributed by atoms with van der Waals surface area (Å²) >= 11 is 0. The SMILES string of the molecule is CCC(CN)S(=O)(=O)N(C)CC1CCCN1CC. The molecule has 2 atom stereocenters. The van der Waals surface area contributed by atoms with E-state index in [2.05, 4.69) is 11.8 Å². The van der Waals surface area contributed by atoms with Crippen molar-refractivity contribution in [3.63, 3.8) is 0 Å². The number of hydrogen-bond donors (Lipinski definition) is 1. The lowest BCUT2D eigenvalue weighted by atomic mass is 10.2. The van der Waals surface area contributed by atoms with Crippen molar-refractivity contribution in [3.8, 4) is 0 Å². The van der Waals surface area contributed by atoms with Gasteiger partial charge in [-0.3, -0.25) is 4.90 Å². The van der Waals surface area contributed by atoms with Crippen molar-refractivity contribution in [2.24, 2.45) is 5.73 Å². The van der Waals surface area contributed by atoms with E-state index in [4.69, 9.17) is 5.73 Å². The topological polar surface area (TPSA) is 66.6 Å². The quantitative estimate of drug-likeness (QED) is 0.734.